The van der Waals surface area contributed by atoms with Crippen LogP contribution < -0.4 is 4.74 Å². The molecule has 1 heterocycles. The Hall–Kier alpha value is -1.99. The van der Waals surface area contributed by atoms with Crippen LogP contribution in [0.1, 0.15) is 30.9 Å². The summed E-state index contributed by atoms with van der Waals surface area (Å²) >= 11 is 0. The fourth-order valence-electron chi connectivity index (χ4n) is 2.53. The second-order valence-electron chi connectivity index (χ2n) is 5.39. The van der Waals surface area contributed by atoms with Crippen molar-refractivity contribution in [1.82, 2.24) is 4.90 Å². The molecule has 2 rings (SSSR count). The van der Waals surface area contributed by atoms with Gasteiger partial charge in [0.2, 0.25) is 5.91 Å². The van der Waals surface area contributed by atoms with E-state index in [1.807, 2.05) is 23.1 Å². The van der Waals surface area contributed by atoms with Crippen molar-refractivity contribution in [3.8, 4) is 17.6 Å². The molecule has 0 aliphatic carbocycles. The van der Waals surface area contributed by atoms with Crippen LogP contribution in [0.5, 0.6) is 5.75 Å². The van der Waals surface area contributed by atoms with Gasteiger partial charge in [0.05, 0.1) is 13.7 Å². The number of hydrogen-bond acceptors (Lipinski definition) is 3. The maximum atomic E-state index is 11.9. The Balaban J connectivity index is 2.18. The summed E-state index contributed by atoms with van der Waals surface area (Å²) in [6, 6.07) is 5.73. The van der Waals surface area contributed by atoms with Gasteiger partial charge in [-0.3, -0.25) is 4.79 Å². The monoisotopic (exact) mass is 287 g/mol. The van der Waals surface area contributed by atoms with E-state index >= 15 is 0 Å². The highest BCUT2D eigenvalue weighted by Gasteiger charge is 2.26. The van der Waals surface area contributed by atoms with Gasteiger partial charge in [-0.05, 0) is 24.1 Å². The molecule has 1 aliphatic heterocycles. The number of rotatable bonds is 4. The number of hydrogen-bond donors (Lipinski definition) is 1. The fraction of sp³-hybridized carbons (Fsp3) is 0.471. The number of aliphatic hydroxyl groups is 1. The second-order valence-corrected chi connectivity index (χ2v) is 5.39. The third-order valence-corrected chi connectivity index (χ3v) is 3.52. The molecular weight excluding hydrogens is 266 g/mol. The van der Waals surface area contributed by atoms with E-state index < -0.39 is 0 Å². The molecule has 1 aromatic rings. The molecule has 4 nitrogen and oxygen atoms in total. The highest BCUT2D eigenvalue weighted by Crippen LogP contribution is 2.25. The molecule has 1 aliphatic rings. The predicted molar refractivity (Wildman–Crippen MR) is 80.8 cm³/mol. The number of benzene rings is 1. The summed E-state index contributed by atoms with van der Waals surface area (Å²) in [4.78, 5) is 13.8. The maximum Gasteiger partial charge on any atom is 0.223 e. The number of methoxy groups -OCH3 is 1. The average Bonchev–Trinajstić information content (AvgIpc) is 2.77. The summed E-state index contributed by atoms with van der Waals surface area (Å²) in [5.74, 6) is 7.30. The van der Waals surface area contributed by atoms with E-state index in [2.05, 4.69) is 18.8 Å². The Morgan fingerprint density at radius 3 is 2.90 bits per heavy atom. The molecule has 21 heavy (non-hydrogen) atoms. The fourth-order valence-corrected chi connectivity index (χ4v) is 2.53. The summed E-state index contributed by atoms with van der Waals surface area (Å²) < 4.78 is 5.37. The Morgan fingerprint density at radius 2 is 2.29 bits per heavy atom. The molecule has 1 atom stereocenters. The lowest BCUT2D eigenvalue weighted by molar-refractivity contribution is -0.128. The number of carbonyl (C=O) groups is 1. The van der Waals surface area contributed by atoms with Crippen molar-refractivity contribution >= 4 is 5.91 Å². The summed E-state index contributed by atoms with van der Waals surface area (Å²) in [5, 5.41) is 8.76. The first-order valence-electron chi connectivity index (χ1n) is 7.18. The average molecular weight is 287 g/mol. The van der Waals surface area contributed by atoms with Gasteiger partial charge in [-0.2, -0.15) is 0 Å². The second kappa shape index (κ2) is 7.14. The lowest BCUT2D eigenvalue weighted by atomic mass is 10.1. The Bertz CT molecular complexity index is 571. The van der Waals surface area contributed by atoms with Crippen molar-refractivity contribution in [3.05, 3.63) is 29.3 Å². The van der Waals surface area contributed by atoms with Crippen LogP contribution in [0.4, 0.5) is 0 Å². The van der Waals surface area contributed by atoms with Gasteiger partial charge < -0.3 is 14.7 Å². The standard InChI is InChI=1S/C17H21NO3/c1-13-9-17(20)18(11-13)12-15-10-14(5-3-4-8-19)6-7-16(15)21-2/h6-7,10,13,19H,4,8-9,11-12H2,1-2H3. The Labute approximate surface area is 125 Å². The molecule has 1 N–H and O–H groups in total. The normalized spacial score (nSPS) is 17.6. The van der Waals surface area contributed by atoms with Gasteiger partial charge in [0.25, 0.3) is 0 Å². The van der Waals surface area contributed by atoms with Crippen LogP contribution in [-0.2, 0) is 11.3 Å². The first kappa shape index (κ1) is 15.4. The smallest absolute Gasteiger partial charge is 0.223 e. The number of amides is 1. The quantitative estimate of drug-likeness (QED) is 0.859. The number of aliphatic hydroxyl groups excluding tert-OH is 1. The van der Waals surface area contributed by atoms with Gasteiger partial charge in [0, 0.05) is 37.1 Å². The van der Waals surface area contributed by atoms with Gasteiger partial charge in [-0.25, -0.2) is 0 Å². The van der Waals surface area contributed by atoms with Crippen molar-refractivity contribution < 1.29 is 14.6 Å². The zero-order valence-electron chi connectivity index (χ0n) is 12.6. The summed E-state index contributed by atoms with van der Waals surface area (Å²) in [5.41, 5.74) is 1.84. The number of carbonyl (C=O) groups excluding carboxylic acids is 1. The zero-order chi connectivity index (χ0) is 15.2. The van der Waals surface area contributed by atoms with Gasteiger partial charge in [0.15, 0.2) is 0 Å². The van der Waals surface area contributed by atoms with Gasteiger partial charge in [-0.1, -0.05) is 18.8 Å². The van der Waals surface area contributed by atoms with Crippen molar-refractivity contribution in [2.24, 2.45) is 5.92 Å². The van der Waals surface area contributed by atoms with E-state index in [1.165, 1.54) is 0 Å². The van der Waals surface area contributed by atoms with Crippen LogP contribution in [0.3, 0.4) is 0 Å². The Kier molecular flexibility index (Phi) is 5.24. The molecule has 1 amide bonds. The minimum atomic E-state index is 0.0657. The highest BCUT2D eigenvalue weighted by molar-refractivity contribution is 5.78. The first-order valence-corrected chi connectivity index (χ1v) is 7.18. The van der Waals surface area contributed by atoms with E-state index in [9.17, 15) is 4.79 Å². The van der Waals surface area contributed by atoms with Gasteiger partial charge in [0.1, 0.15) is 5.75 Å². The molecule has 0 radical (unpaired) electrons. The summed E-state index contributed by atoms with van der Waals surface area (Å²) in [6.45, 7) is 3.51. The summed E-state index contributed by atoms with van der Waals surface area (Å²) in [7, 11) is 1.63. The first-order chi connectivity index (χ1) is 10.1. The van der Waals surface area contributed by atoms with E-state index in [4.69, 9.17) is 9.84 Å². The molecule has 112 valence electrons. The summed E-state index contributed by atoms with van der Waals surface area (Å²) in [6.07, 6.45) is 1.09. The number of ether oxygens (including phenoxy) is 1. The minimum Gasteiger partial charge on any atom is -0.496 e. The van der Waals surface area contributed by atoms with E-state index in [0.29, 0.717) is 25.3 Å². The molecule has 1 aromatic carbocycles. The minimum absolute atomic E-state index is 0.0657. The molecule has 4 heteroatoms. The Morgan fingerprint density at radius 1 is 1.48 bits per heavy atom. The van der Waals surface area contributed by atoms with Crippen molar-refractivity contribution in [2.45, 2.75) is 26.3 Å². The van der Waals surface area contributed by atoms with Crippen LogP contribution in [0.2, 0.25) is 0 Å². The third-order valence-electron chi connectivity index (χ3n) is 3.52. The molecule has 1 fully saturated rings. The van der Waals surface area contributed by atoms with Crippen molar-refractivity contribution in [3.63, 3.8) is 0 Å². The van der Waals surface area contributed by atoms with E-state index in [0.717, 1.165) is 23.4 Å². The topological polar surface area (TPSA) is 49.8 Å². The van der Waals surface area contributed by atoms with Crippen LogP contribution in [0.25, 0.3) is 0 Å². The van der Waals surface area contributed by atoms with E-state index in [-0.39, 0.29) is 12.5 Å². The SMILES string of the molecule is COc1ccc(C#CCCO)cc1CN1CC(C)CC1=O. The van der Waals surface area contributed by atoms with Crippen molar-refractivity contribution in [1.29, 1.82) is 0 Å². The molecule has 0 spiro atoms. The lowest BCUT2D eigenvalue weighted by Crippen LogP contribution is -2.24. The largest absolute Gasteiger partial charge is 0.496 e. The number of nitrogens with zero attached hydrogens (tertiary/aromatic N) is 1. The van der Waals surface area contributed by atoms with Crippen LogP contribution in [0.15, 0.2) is 18.2 Å². The zero-order valence-corrected chi connectivity index (χ0v) is 12.6. The van der Waals surface area contributed by atoms with Crippen LogP contribution in [0, 0.1) is 17.8 Å². The highest BCUT2D eigenvalue weighted by atomic mass is 16.5. The molecule has 0 saturated carbocycles. The molecular formula is C17H21NO3. The van der Waals surface area contributed by atoms with Crippen LogP contribution >= 0.6 is 0 Å². The molecule has 0 bridgehead atoms. The van der Waals surface area contributed by atoms with Gasteiger partial charge in [-0.15, -0.1) is 0 Å². The van der Waals surface area contributed by atoms with Gasteiger partial charge >= 0.3 is 0 Å². The predicted octanol–water partition coefficient (Wildman–Crippen LogP) is 1.80. The third kappa shape index (κ3) is 3.99. The van der Waals surface area contributed by atoms with Crippen molar-refractivity contribution in [2.75, 3.05) is 20.3 Å². The number of likely N-dealkylation sites (tertiary alicyclic amines) is 1. The molecule has 0 aromatic heterocycles. The lowest BCUT2D eigenvalue weighted by Gasteiger charge is -2.18. The van der Waals surface area contributed by atoms with E-state index in [1.54, 1.807) is 7.11 Å². The molecule has 1 unspecified atom stereocenters. The van der Waals surface area contributed by atoms with Crippen LogP contribution in [-0.4, -0.2) is 36.2 Å². The molecule has 1 saturated heterocycles. The maximum absolute atomic E-state index is 11.9.